The van der Waals surface area contributed by atoms with Crippen molar-refractivity contribution in [2.75, 3.05) is 19.7 Å². The third-order valence-electron chi connectivity index (χ3n) is 7.27. The summed E-state index contributed by atoms with van der Waals surface area (Å²) < 4.78 is 20.1. The lowest BCUT2D eigenvalue weighted by molar-refractivity contribution is -0.138. The summed E-state index contributed by atoms with van der Waals surface area (Å²) in [7, 11) is 0. The van der Waals surface area contributed by atoms with E-state index in [0.29, 0.717) is 31.9 Å². The summed E-state index contributed by atoms with van der Waals surface area (Å²) in [6.45, 7) is 5.10. The minimum absolute atomic E-state index is 0.117. The number of halogens is 2. The van der Waals surface area contributed by atoms with Gasteiger partial charge in [-0.05, 0) is 60.1 Å². The molecule has 2 fully saturated rings. The van der Waals surface area contributed by atoms with E-state index in [-0.39, 0.29) is 29.2 Å². The average Bonchev–Trinajstić information content (AvgIpc) is 3.19. The van der Waals surface area contributed by atoms with Gasteiger partial charge in [-0.15, -0.1) is 0 Å². The maximum absolute atomic E-state index is 14.1. The zero-order valence-electron chi connectivity index (χ0n) is 21.1. The highest BCUT2D eigenvalue weighted by Gasteiger charge is 2.28. The van der Waals surface area contributed by atoms with Crippen LogP contribution in [0, 0.1) is 11.7 Å². The predicted molar refractivity (Wildman–Crippen MR) is 139 cm³/mol. The number of ether oxygens (including phenoxy) is 1. The van der Waals surface area contributed by atoms with Crippen LogP contribution in [0.15, 0.2) is 36.4 Å². The van der Waals surface area contributed by atoms with E-state index < -0.39 is 0 Å². The second-order valence-corrected chi connectivity index (χ2v) is 10.4. The molecule has 1 aliphatic carbocycles. The van der Waals surface area contributed by atoms with Crippen molar-refractivity contribution in [3.63, 3.8) is 0 Å². The van der Waals surface area contributed by atoms with Gasteiger partial charge in [0, 0.05) is 32.5 Å². The number of nitrogens with zero attached hydrogens (tertiary/aromatic N) is 2. The number of benzene rings is 2. The quantitative estimate of drug-likeness (QED) is 0.337. The number of aryl methyl sites for hydroxylation is 1. The van der Waals surface area contributed by atoms with Crippen LogP contribution in [0.25, 0.3) is 0 Å². The van der Waals surface area contributed by atoms with E-state index in [2.05, 4.69) is 24.0 Å². The van der Waals surface area contributed by atoms with Crippen LogP contribution in [0.5, 0.6) is 5.75 Å². The normalized spacial score (nSPS) is 16.8. The van der Waals surface area contributed by atoms with Gasteiger partial charge in [-0.1, -0.05) is 56.0 Å². The van der Waals surface area contributed by atoms with Gasteiger partial charge in [-0.2, -0.15) is 0 Å². The molecule has 0 aromatic heterocycles. The summed E-state index contributed by atoms with van der Waals surface area (Å²) in [4.78, 5) is 27.4. The highest BCUT2D eigenvalue weighted by atomic mass is 35.5. The van der Waals surface area contributed by atoms with Crippen molar-refractivity contribution in [2.24, 2.45) is 5.92 Å². The van der Waals surface area contributed by atoms with Gasteiger partial charge < -0.3 is 4.74 Å². The van der Waals surface area contributed by atoms with Crippen molar-refractivity contribution >= 4 is 23.4 Å². The van der Waals surface area contributed by atoms with Crippen molar-refractivity contribution < 1.29 is 18.7 Å². The van der Waals surface area contributed by atoms with E-state index in [0.717, 1.165) is 36.4 Å². The number of hydrogen-bond donors (Lipinski definition) is 0. The highest BCUT2D eigenvalue weighted by molar-refractivity contribution is 6.30. The summed E-state index contributed by atoms with van der Waals surface area (Å²) in [6.07, 6.45) is 7.81. The molecular weight excluding hydrogens is 479 g/mol. The van der Waals surface area contributed by atoms with Crippen LogP contribution >= 0.6 is 11.6 Å². The summed E-state index contributed by atoms with van der Waals surface area (Å²) in [5.41, 5.74) is 3.21. The Hall–Kier alpha value is -2.44. The van der Waals surface area contributed by atoms with Crippen LogP contribution in [0.3, 0.4) is 0 Å². The topological polar surface area (TPSA) is 49.9 Å². The van der Waals surface area contributed by atoms with Gasteiger partial charge in [-0.3, -0.25) is 19.4 Å². The Kier molecular flexibility index (Phi) is 9.38. The molecule has 7 heteroatoms. The molecule has 1 saturated carbocycles. The Morgan fingerprint density at radius 1 is 1.00 bits per heavy atom. The molecule has 36 heavy (non-hydrogen) atoms. The number of hydrogen-bond acceptors (Lipinski definition) is 4. The number of carbonyl (C=O) groups excluding carboxylic acids is 2. The lowest BCUT2D eigenvalue weighted by atomic mass is 9.88. The zero-order valence-corrected chi connectivity index (χ0v) is 21.9. The zero-order chi connectivity index (χ0) is 25.5. The third kappa shape index (κ3) is 7.07. The van der Waals surface area contributed by atoms with Gasteiger partial charge in [0.05, 0.1) is 11.6 Å². The Bertz CT molecular complexity index is 1050. The minimum Gasteiger partial charge on any atom is -0.491 e. The third-order valence-corrected chi connectivity index (χ3v) is 7.58. The predicted octanol–water partition coefficient (Wildman–Crippen LogP) is 6.15. The molecule has 4 rings (SSSR count). The maximum Gasteiger partial charge on any atom is 0.229 e. The molecule has 5 nitrogen and oxygen atoms in total. The van der Waals surface area contributed by atoms with Gasteiger partial charge in [-0.25, -0.2) is 4.39 Å². The first kappa shape index (κ1) is 26.6. The van der Waals surface area contributed by atoms with E-state index in [4.69, 9.17) is 16.3 Å². The number of imide groups is 1. The molecule has 1 aliphatic heterocycles. The van der Waals surface area contributed by atoms with E-state index >= 15 is 0 Å². The largest absolute Gasteiger partial charge is 0.491 e. The molecule has 0 radical (unpaired) electrons. The molecule has 0 bridgehead atoms. The first-order chi connectivity index (χ1) is 17.4. The van der Waals surface area contributed by atoms with Gasteiger partial charge in [0.25, 0.3) is 0 Å². The van der Waals surface area contributed by atoms with Crippen LogP contribution in [0.2, 0.25) is 5.02 Å². The number of rotatable bonds is 11. The second kappa shape index (κ2) is 12.7. The monoisotopic (exact) mass is 514 g/mol. The fourth-order valence-corrected chi connectivity index (χ4v) is 5.46. The fourth-order valence-electron chi connectivity index (χ4n) is 5.34. The molecular formula is C29H36ClFN2O3. The summed E-state index contributed by atoms with van der Waals surface area (Å²) in [5.74, 6) is 0.847. The van der Waals surface area contributed by atoms with E-state index in [9.17, 15) is 14.0 Å². The van der Waals surface area contributed by atoms with Gasteiger partial charge >= 0.3 is 0 Å². The van der Waals surface area contributed by atoms with E-state index in [1.165, 1.54) is 42.6 Å². The molecule has 2 aromatic carbocycles. The molecule has 0 unspecified atom stereocenters. The Labute approximate surface area is 218 Å². The number of likely N-dealkylation sites (tertiary alicyclic amines) is 1. The first-order valence-corrected chi connectivity index (χ1v) is 13.5. The smallest absolute Gasteiger partial charge is 0.229 e. The Morgan fingerprint density at radius 2 is 1.67 bits per heavy atom. The molecule has 2 amide bonds. The van der Waals surface area contributed by atoms with Gasteiger partial charge in [0.15, 0.2) is 0 Å². The van der Waals surface area contributed by atoms with Crippen LogP contribution in [0.1, 0.15) is 68.6 Å². The van der Waals surface area contributed by atoms with Gasteiger partial charge in [0.1, 0.15) is 18.2 Å². The van der Waals surface area contributed by atoms with Crippen molar-refractivity contribution in [2.45, 2.75) is 71.4 Å². The standard InChI is InChI=1S/C29H36ClFN2O3/c1-2-24-16-22(9-11-27(24)36-15-14-33-28(34)12-13-29(33)35)19-32(18-21-6-4-3-5-7-21)20-23-8-10-25(30)26(31)17-23/h8-11,16-17,21H,2-7,12-15,18-20H2,1H3. The molecule has 2 aliphatic rings. The lowest BCUT2D eigenvalue weighted by Gasteiger charge is -2.30. The number of amides is 2. The first-order valence-electron chi connectivity index (χ1n) is 13.2. The lowest BCUT2D eigenvalue weighted by Crippen LogP contribution is -2.33. The molecule has 1 heterocycles. The molecule has 194 valence electrons. The van der Waals surface area contributed by atoms with E-state index in [1.54, 1.807) is 12.1 Å². The van der Waals surface area contributed by atoms with Crippen molar-refractivity contribution in [1.29, 1.82) is 0 Å². The summed E-state index contributed by atoms with van der Waals surface area (Å²) >= 11 is 5.90. The molecule has 2 aromatic rings. The molecule has 0 spiro atoms. The van der Waals surface area contributed by atoms with Crippen LogP contribution in [-0.2, 0) is 29.1 Å². The second-order valence-electron chi connectivity index (χ2n) is 10.0. The van der Waals surface area contributed by atoms with Crippen LogP contribution in [-0.4, -0.2) is 41.3 Å². The highest BCUT2D eigenvalue weighted by Crippen LogP contribution is 2.27. The maximum atomic E-state index is 14.1. The molecule has 0 atom stereocenters. The molecule has 0 N–H and O–H groups in total. The summed E-state index contributed by atoms with van der Waals surface area (Å²) in [6, 6.07) is 11.3. The van der Waals surface area contributed by atoms with Crippen LogP contribution < -0.4 is 4.74 Å². The molecule has 1 saturated heterocycles. The fraction of sp³-hybridized carbons (Fsp3) is 0.517. The minimum atomic E-state index is -0.376. The van der Waals surface area contributed by atoms with Gasteiger partial charge in [0.2, 0.25) is 11.8 Å². The SMILES string of the molecule is CCc1cc(CN(Cc2ccc(Cl)c(F)c2)CC2CCCCC2)ccc1OCCN1C(=O)CCC1=O. The van der Waals surface area contributed by atoms with Crippen LogP contribution in [0.4, 0.5) is 4.39 Å². The Balaban J connectivity index is 1.42. The van der Waals surface area contributed by atoms with E-state index in [1.807, 2.05) is 12.1 Å². The summed E-state index contributed by atoms with van der Waals surface area (Å²) in [5, 5.41) is 0.152. The number of carbonyl (C=O) groups is 2. The average molecular weight is 515 g/mol. The van der Waals surface area contributed by atoms with Crippen molar-refractivity contribution in [1.82, 2.24) is 9.80 Å². The van der Waals surface area contributed by atoms with Crippen molar-refractivity contribution in [3.05, 3.63) is 63.9 Å². The Morgan fingerprint density at radius 3 is 2.33 bits per heavy atom. The van der Waals surface area contributed by atoms with Crippen molar-refractivity contribution in [3.8, 4) is 5.75 Å².